The van der Waals surface area contributed by atoms with Gasteiger partial charge >= 0.3 is 0 Å². The third kappa shape index (κ3) is 3.19. The van der Waals surface area contributed by atoms with Gasteiger partial charge in [0.05, 0.1) is 29.5 Å². The molecule has 0 aliphatic rings. The second kappa shape index (κ2) is 6.79. The topological polar surface area (TPSA) is 77.0 Å². The van der Waals surface area contributed by atoms with Gasteiger partial charge in [-0.1, -0.05) is 23.4 Å². The number of aryl methyl sites for hydroxylation is 1. The van der Waals surface area contributed by atoms with E-state index in [1.54, 1.807) is 43.0 Å². The molecule has 3 heterocycles. The number of anilines is 1. The number of aromatic nitrogens is 3. The Balaban J connectivity index is 1.67. The quantitative estimate of drug-likeness (QED) is 0.573. The van der Waals surface area contributed by atoms with Gasteiger partial charge in [0, 0.05) is 29.9 Å². The minimum absolute atomic E-state index is 0.274. The van der Waals surface area contributed by atoms with E-state index in [0.29, 0.717) is 28.5 Å². The summed E-state index contributed by atoms with van der Waals surface area (Å²) in [6.07, 6.45) is 4.81. The van der Waals surface area contributed by atoms with Crippen molar-refractivity contribution in [2.45, 2.75) is 13.5 Å². The number of hydrogen-bond acceptors (Lipinski definition) is 6. The summed E-state index contributed by atoms with van der Waals surface area (Å²) in [6.45, 7) is 2.12. The molecule has 0 fully saturated rings. The molecule has 0 unspecified atom stereocenters. The lowest BCUT2D eigenvalue weighted by molar-refractivity contribution is 0.427. The lowest BCUT2D eigenvalue weighted by atomic mass is 10.1. The molecule has 6 nitrogen and oxygen atoms in total. The Morgan fingerprint density at radius 1 is 1.19 bits per heavy atom. The van der Waals surface area contributed by atoms with Crippen LogP contribution in [0.5, 0.6) is 0 Å². The third-order valence-corrected chi connectivity index (χ3v) is 3.87. The molecule has 0 amide bonds. The standard InChI is InChI=1S/C19H15FN4O2/c1-12-8-17(26-24-12)15-10-22-19(23-18(15)14-6-7-25-11-14)21-9-13-4-2-3-5-16(13)20/h2-8,10-11H,9H2,1H3,(H,21,22,23). The molecule has 7 heteroatoms. The molecule has 0 radical (unpaired) electrons. The van der Waals surface area contributed by atoms with Crippen LogP contribution >= 0.6 is 0 Å². The van der Waals surface area contributed by atoms with E-state index >= 15 is 0 Å². The van der Waals surface area contributed by atoms with Crippen molar-refractivity contribution in [2.24, 2.45) is 0 Å². The van der Waals surface area contributed by atoms with Crippen molar-refractivity contribution in [1.82, 2.24) is 15.1 Å². The van der Waals surface area contributed by atoms with Gasteiger partial charge in [0.15, 0.2) is 5.76 Å². The van der Waals surface area contributed by atoms with Crippen molar-refractivity contribution in [3.8, 4) is 22.6 Å². The highest BCUT2D eigenvalue weighted by Crippen LogP contribution is 2.31. The van der Waals surface area contributed by atoms with Gasteiger partial charge in [0.2, 0.25) is 5.95 Å². The Kier molecular flexibility index (Phi) is 4.18. The van der Waals surface area contributed by atoms with Crippen LogP contribution in [-0.4, -0.2) is 15.1 Å². The predicted molar refractivity (Wildman–Crippen MR) is 93.7 cm³/mol. The zero-order valence-corrected chi connectivity index (χ0v) is 13.9. The second-order valence-corrected chi connectivity index (χ2v) is 5.75. The number of nitrogens with zero attached hydrogens (tertiary/aromatic N) is 3. The molecule has 0 atom stereocenters. The molecule has 0 saturated heterocycles. The minimum Gasteiger partial charge on any atom is -0.472 e. The number of furan rings is 1. The lowest BCUT2D eigenvalue weighted by Gasteiger charge is -2.09. The molecule has 0 aliphatic carbocycles. The first-order chi connectivity index (χ1) is 12.7. The van der Waals surface area contributed by atoms with Gasteiger partial charge in [-0.2, -0.15) is 0 Å². The first kappa shape index (κ1) is 16.0. The van der Waals surface area contributed by atoms with Crippen LogP contribution in [0.4, 0.5) is 10.3 Å². The van der Waals surface area contributed by atoms with Crippen LogP contribution in [0, 0.1) is 12.7 Å². The number of nitrogens with one attached hydrogen (secondary N) is 1. The van der Waals surface area contributed by atoms with E-state index in [2.05, 4.69) is 20.4 Å². The molecule has 0 saturated carbocycles. The van der Waals surface area contributed by atoms with Gasteiger partial charge in [-0.25, -0.2) is 14.4 Å². The first-order valence-corrected chi connectivity index (χ1v) is 8.01. The number of hydrogen-bond donors (Lipinski definition) is 1. The van der Waals surface area contributed by atoms with E-state index in [0.717, 1.165) is 11.3 Å². The van der Waals surface area contributed by atoms with Crippen LogP contribution in [0.1, 0.15) is 11.3 Å². The molecule has 0 bridgehead atoms. The normalized spacial score (nSPS) is 10.8. The summed E-state index contributed by atoms with van der Waals surface area (Å²) in [5.41, 5.74) is 3.42. The molecular formula is C19H15FN4O2. The van der Waals surface area contributed by atoms with Crippen molar-refractivity contribution < 1.29 is 13.3 Å². The summed E-state index contributed by atoms with van der Waals surface area (Å²) >= 11 is 0. The van der Waals surface area contributed by atoms with Gasteiger partial charge in [-0.05, 0) is 19.1 Å². The fraction of sp³-hybridized carbons (Fsp3) is 0.105. The van der Waals surface area contributed by atoms with Crippen LogP contribution in [0.3, 0.4) is 0 Å². The highest BCUT2D eigenvalue weighted by Gasteiger charge is 2.16. The van der Waals surface area contributed by atoms with E-state index in [9.17, 15) is 4.39 Å². The molecule has 0 spiro atoms. The third-order valence-electron chi connectivity index (χ3n) is 3.87. The summed E-state index contributed by atoms with van der Waals surface area (Å²) < 4.78 is 24.3. The van der Waals surface area contributed by atoms with Crippen molar-refractivity contribution in [1.29, 1.82) is 0 Å². The maximum atomic E-state index is 13.8. The Hall–Kier alpha value is -3.48. The average Bonchev–Trinajstić information content (AvgIpc) is 3.33. The fourth-order valence-electron chi connectivity index (χ4n) is 2.57. The highest BCUT2D eigenvalue weighted by atomic mass is 19.1. The van der Waals surface area contributed by atoms with Crippen molar-refractivity contribution in [2.75, 3.05) is 5.32 Å². The van der Waals surface area contributed by atoms with Gasteiger partial charge in [0.25, 0.3) is 0 Å². The zero-order valence-electron chi connectivity index (χ0n) is 13.9. The summed E-state index contributed by atoms with van der Waals surface area (Å²) in [4.78, 5) is 8.87. The SMILES string of the molecule is Cc1cc(-c2cnc(NCc3ccccc3F)nc2-c2ccoc2)on1. The van der Waals surface area contributed by atoms with Crippen LogP contribution in [-0.2, 0) is 6.54 Å². The average molecular weight is 350 g/mol. The minimum atomic E-state index is -0.274. The molecule has 1 aromatic carbocycles. The molecule has 26 heavy (non-hydrogen) atoms. The van der Waals surface area contributed by atoms with Crippen molar-refractivity contribution in [3.63, 3.8) is 0 Å². The molecular weight excluding hydrogens is 335 g/mol. The Bertz CT molecular complexity index is 1030. The van der Waals surface area contributed by atoms with Gasteiger partial charge in [0.1, 0.15) is 5.82 Å². The molecule has 4 aromatic rings. The molecule has 4 rings (SSSR count). The van der Waals surface area contributed by atoms with Crippen molar-refractivity contribution in [3.05, 3.63) is 72.2 Å². The summed E-state index contributed by atoms with van der Waals surface area (Å²) in [6, 6.07) is 10.2. The Morgan fingerprint density at radius 2 is 2.08 bits per heavy atom. The number of halogens is 1. The van der Waals surface area contributed by atoms with Crippen LogP contribution in [0.25, 0.3) is 22.6 Å². The summed E-state index contributed by atoms with van der Waals surface area (Å²) in [5.74, 6) is 0.674. The predicted octanol–water partition coefficient (Wildman–Crippen LogP) is 4.45. The number of benzene rings is 1. The molecule has 1 N–H and O–H groups in total. The molecule has 0 aliphatic heterocycles. The van der Waals surface area contributed by atoms with E-state index in [1.165, 1.54) is 6.07 Å². The van der Waals surface area contributed by atoms with Gasteiger partial charge < -0.3 is 14.3 Å². The number of rotatable bonds is 5. The summed E-state index contributed by atoms with van der Waals surface area (Å²) in [7, 11) is 0. The largest absolute Gasteiger partial charge is 0.472 e. The van der Waals surface area contributed by atoms with Gasteiger partial charge in [-0.15, -0.1) is 0 Å². The van der Waals surface area contributed by atoms with E-state index in [1.807, 2.05) is 13.0 Å². The summed E-state index contributed by atoms with van der Waals surface area (Å²) in [5, 5.41) is 6.96. The smallest absolute Gasteiger partial charge is 0.223 e. The monoisotopic (exact) mass is 350 g/mol. The second-order valence-electron chi connectivity index (χ2n) is 5.75. The van der Waals surface area contributed by atoms with Crippen LogP contribution in [0.15, 0.2) is 64.1 Å². The van der Waals surface area contributed by atoms with E-state index in [-0.39, 0.29) is 12.4 Å². The molecule has 130 valence electrons. The fourth-order valence-corrected chi connectivity index (χ4v) is 2.57. The van der Waals surface area contributed by atoms with Crippen molar-refractivity contribution >= 4 is 5.95 Å². The zero-order chi connectivity index (χ0) is 17.9. The van der Waals surface area contributed by atoms with E-state index in [4.69, 9.17) is 8.94 Å². The Morgan fingerprint density at radius 3 is 2.81 bits per heavy atom. The lowest BCUT2D eigenvalue weighted by Crippen LogP contribution is -2.06. The van der Waals surface area contributed by atoms with Crippen LogP contribution < -0.4 is 5.32 Å². The molecule has 3 aromatic heterocycles. The Labute approximate surface area is 148 Å². The van der Waals surface area contributed by atoms with Crippen LogP contribution in [0.2, 0.25) is 0 Å². The van der Waals surface area contributed by atoms with Gasteiger partial charge in [-0.3, -0.25) is 0 Å². The highest BCUT2D eigenvalue weighted by molar-refractivity contribution is 5.77. The maximum Gasteiger partial charge on any atom is 0.223 e. The maximum absolute atomic E-state index is 13.8. The first-order valence-electron chi connectivity index (χ1n) is 8.01. The van der Waals surface area contributed by atoms with E-state index < -0.39 is 0 Å².